The zero-order chi connectivity index (χ0) is 8.77. The molecule has 0 heterocycles. The van der Waals surface area contributed by atoms with Crippen LogP contribution in [0.2, 0.25) is 0 Å². The van der Waals surface area contributed by atoms with Gasteiger partial charge in [-0.05, 0) is 43.9 Å². The van der Waals surface area contributed by atoms with Gasteiger partial charge in [-0.2, -0.15) is 0 Å². The number of nitrogens with one attached hydrogen (secondary N) is 1. The molecule has 2 rings (SSSR count). The molecule has 2 fully saturated rings. The lowest BCUT2D eigenvalue weighted by atomic mass is 9.80. The fraction of sp³-hybridized carbons (Fsp3) is 1.00. The quantitative estimate of drug-likeness (QED) is 0.681. The monoisotopic (exact) mass is 167 g/mol. The van der Waals surface area contributed by atoms with Gasteiger partial charge >= 0.3 is 0 Å². The molecule has 12 heavy (non-hydrogen) atoms. The fourth-order valence-electron chi connectivity index (χ4n) is 2.07. The first kappa shape index (κ1) is 8.55. The Hall–Kier alpha value is -0.0400. The van der Waals surface area contributed by atoms with Gasteiger partial charge in [-0.3, -0.25) is 0 Å². The van der Waals surface area contributed by atoms with Gasteiger partial charge in [0.1, 0.15) is 0 Å². The molecule has 2 aliphatic carbocycles. The molecule has 0 aromatic heterocycles. The molecular weight excluding hydrogens is 146 g/mol. The van der Waals surface area contributed by atoms with E-state index in [9.17, 15) is 0 Å². The molecule has 0 radical (unpaired) electrons. The van der Waals surface area contributed by atoms with E-state index in [1.165, 1.54) is 25.7 Å². The van der Waals surface area contributed by atoms with E-state index in [2.05, 4.69) is 26.1 Å². The summed E-state index contributed by atoms with van der Waals surface area (Å²) in [7, 11) is 0. The number of rotatable bonds is 3. The zero-order valence-corrected chi connectivity index (χ0v) is 8.56. The fourth-order valence-corrected chi connectivity index (χ4v) is 2.07. The van der Waals surface area contributed by atoms with Crippen molar-refractivity contribution in [3.63, 3.8) is 0 Å². The second kappa shape index (κ2) is 2.73. The van der Waals surface area contributed by atoms with Crippen LogP contribution in [-0.2, 0) is 0 Å². The van der Waals surface area contributed by atoms with Crippen LogP contribution in [0.3, 0.4) is 0 Å². The summed E-state index contributed by atoms with van der Waals surface area (Å²) in [5.41, 5.74) is 0.648. The van der Waals surface area contributed by atoms with E-state index in [1.54, 1.807) is 0 Å². The second-order valence-corrected chi connectivity index (χ2v) is 5.20. The molecule has 0 aromatic rings. The van der Waals surface area contributed by atoms with Crippen molar-refractivity contribution < 1.29 is 0 Å². The smallest absolute Gasteiger partial charge is 0.00955 e. The minimum Gasteiger partial charge on any atom is -0.311 e. The van der Waals surface area contributed by atoms with Crippen molar-refractivity contribution in [1.82, 2.24) is 5.32 Å². The highest BCUT2D eigenvalue weighted by Crippen LogP contribution is 2.48. The van der Waals surface area contributed by atoms with E-state index >= 15 is 0 Å². The van der Waals surface area contributed by atoms with Crippen molar-refractivity contribution in [2.24, 2.45) is 11.3 Å². The molecule has 0 spiro atoms. The van der Waals surface area contributed by atoms with E-state index in [0.717, 1.165) is 18.0 Å². The third-order valence-electron chi connectivity index (χ3n) is 4.17. The standard InChI is InChI=1S/C11H21N/c1-8-4-5-10(8)12-9(2)11(3)6-7-11/h8-10,12H,4-7H2,1-3H3. The molecule has 0 aromatic carbocycles. The Morgan fingerprint density at radius 2 is 2.00 bits per heavy atom. The average molecular weight is 167 g/mol. The summed E-state index contributed by atoms with van der Waals surface area (Å²) in [5.74, 6) is 0.926. The molecule has 3 atom stereocenters. The topological polar surface area (TPSA) is 12.0 Å². The molecule has 0 aliphatic heterocycles. The average Bonchev–Trinajstić information content (AvgIpc) is 2.77. The Kier molecular flexibility index (Phi) is 1.95. The first-order valence-electron chi connectivity index (χ1n) is 5.38. The van der Waals surface area contributed by atoms with Crippen LogP contribution < -0.4 is 5.32 Å². The maximum Gasteiger partial charge on any atom is 0.00955 e. The number of hydrogen-bond donors (Lipinski definition) is 1. The van der Waals surface area contributed by atoms with Crippen LogP contribution in [0.25, 0.3) is 0 Å². The van der Waals surface area contributed by atoms with Gasteiger partial charge in [-0.15, -0.1) is 0 Å². The molecule has 0 amide bonds. The lowest BCUT2D eigenvalue weighted by Crippen LogP contribution is -2.49. The third-order valence-corrected chi connectivity index (χ3v) is 4.17. The second-order valence-electron chi connectivity index (χ2n) is 5.20. The SMILES string of the molecule is CC1CCC1NC(C)C1(C)CC1. The molecule has 2 saturated carbocycles. The third kappa shape index (κ3) is 1.39. The summed E-state index contributed by atoms with van der Waals surface area (Å²) in [4.78, 5) is 0. The van der Waals surface area contributed by atoms with Gasteiger partial charge in [0.25, 0.3) is 0 Å². The Morgan fingerprint density at radius 3 is 2.33 bits per heavy atom. The van der Waals surface area contributed by atoms with Gasteiger partial charge < -0.3 is 5.32 Å². The molecule has 2 aliphatic rings. The minimum atomic E-state index is 0.648. The van der Waals surface area contributed by atoms with Crippen molar-refractivity contribution in [2.45, 2.75) is 58.5 Å². The first-order chi connectivity index (χ1) is 5.62. The molecule has 1 heteroatoms. The van der Waals surface area contributed by atoms with Crippen LogP contribution in [-0.4, -0.2) is 12.1 Å². The van der Waals surface area contributed by atoms with Crippen LogP contribution in [0.4, 0.5) is 0 Å². The summed E-state index contributed by atoms with van der Waals surface area (Å²) in [6.07, 6.45) is 5.70. The van der Waals surface area contributed by atoms with Crippen LogP contribution in [0.5, 0.6) is 0 Å². The van der Waals surface area contributed by atoms with Crippen LogP contribution in [0.1, 0.15) is 46.5 Å². The van der Waals surface area contributed by atoms with Gasteiger partial charge in [0.15, 0.2) is 0 Å². The molecule has 70 valence electrons. The highest BCUT2D eigenvalue weighted by molar-refractivity contribution is 4.99. The largest absolute Gasteiger partial charge is 0.311 e. The molecule has 0 saturated heterocycles. The van der Waals surface area contributed by atoms with Crippen molar-refractivity contribution >= 4 is 0 Å². The Bertz CT molecular complexity index is 172. The van der Waals surface area contributed by atoms with Crippen LogP contribution in [0, 0.1) is 11.3 Å². The maximum absolute atomic E-state index is 3.77. The van der Waals surface area contributed by atoms with Gasteiger partial charge in [0.2, 0.25) is 0 Å². The molecule has 1 nitrogen and oxygen atoms in total. The van der Waals surface area contributed by atoms with Gasteiger partial charge in [-0.1, -0.05) is 13.8 Å². The summed E-state index contributed by atoms with van der Waals surface area (Å²) in [5, 5.41) is 3.77. The Labute approximate surface area is 75.9 Å². The lowest BCUT2D eigenvalue weighted by Gasteiger charge is -2.38. The summed E-state index contributed by atoms with van der Waals surface area (Å²) >= 11 is 0. The predicted molar refractivity (Wildman–Crippen MR) is 52.1 cm³/mol. The summed E-state index contributed by atoms with van der Waals surface area (Å²) in [6.45, 7) is 7.13. The van der Waals surface area contributed by atoms with E-state index in [-0.39, 0.29) is 0 Å². The van der Waals surface area contributed by atoms with E-state index in [4.69, 9.17) is 0 Å². The molecular formula is C11H21N. The first-order valence-corrected chi connectivity index (χ1v) is 5.38. The Morgan fingerprint density at radius 1 is 1.33 bits per heavy atom. The summed E-state index contributed by atoms with van der Waals surface area (Å²) < 4.78 is 0. The van der Waals surface area contributed by atoms with E-state index in [0.29, 0.717) is 5.41 Å². The predicted octanol–water partition coefficient (Wildman–Crippen LogP) is 2.56. The molecule has 1 N–H and O–H groups in total. The lowest BCUT2D eigenvalue weighted by molar-refractivity contribution is 0.190. The van der Waals surface area contributed by atoms with E-state index in [1.807, 2.05) is 0 Å². The van der Waals surface area contributed by atoms with Crippen molar-refractivity contribution in [1.29, 1.82) is 0 Å². The summed E-state index contributed by atoms with van der Waals surface area (Å²) in [6, 6.07) is 1.57. The van der Waals surface area contributed by atoms with Crippen molar-refractivity contribution in [3.05, 3.63) is 0 Å². The van der Waals surface area contributed by atoms with Crippen molar-refractivity contribution in [2.75, 3.05) is 0 Å². The highest BCUT2D eigenvalue weighted by atomic mass is 15.0. The maximum atomic E-state index is 3.77. The minimum absolute atomic E-state index is 0.648. The van der Waals surface area contributed by atoms with Crippen molar-refractivity contribution in [3.8, 4) is 0 Å². The molecule has 3 unspecified atom stereocenters. The van der Waals surface area contributed by atoms with E-state index < -0.39 is 0 Å². The van der Waals surface area contributed by atoms with Gasteiger partial charge in [-0.25, -0.2) is 0 Å². The Balaban J connectivity index is 1.78. The zero-order valence-electron chi connectivity index (χ0n) is 8.56. The number of hydrogen-bond acceptors (Lipinski definition) is 1. The van der Waals surface area contributed by atoms with Crippen LogP contribution in [0.15, 0.2) is 0 Å². The van der Waals surface area contributed by atoms with Gasteiger partial charge in [0.05, 0.1) is 0 Å². The van der Waals surface area contributed by atoms with Gasteiger partial charge in [0, 0.05) is 12.1 Å². The molecule has 0 bridgehead atoms. The van der Waals surface area contributed by atoms with Crippen LogP contribution >= 0.6 is 0 Å². The normalized spacial score (nSPS) is 40.2. The highest BCUT2D eigenvalue weighted by Gasteiger charge is 2.44.